The van der Waals surface area contributed by atoms with E-state index in [0.29, 0.717) is 18.0 Å². The quantitative estimate of drug-likeness (QED) is 0.753. The van der Waals surface area contributed by atoms with Gasteiger partial charge in [-0.2, -0.15) is 5.10 Å². The summed E-state index contributed by atoms with van der Waals surface area (Å²) in [6.07, 6.45) is 0.458. The van der Waals surface area contributed by atoms with Gasteiger partial charge in [-0.05, 0) is 12.1 Å². The van der Waals surface area contributed by atoms with Crippen LogP contribution in [-0.2, 0) is 0 Å². The molecule has 17 heavy (non-hydrogen) atoms. The van der Waals surface area contributed by atoms with Crippen LogP contribution in [0.4, 0.5) is 13.2 Å². The highest BCUT2D eigenvalue weighted by molar-refractivity contribution is 6.05. The second-order valence-corrected chi connectivity index (χ2v) is 3.94. The van der Waals surface area contributed by atoms with E-state index >= 15 is 0 Å². The smallest absolute Gasteiger partial charge is 0.194 e. The van der Waals surface area contributed by atoms with Crippen molar-refractivity contribution in [2.24, 2.45) is 21.9 Å². The van der Waals surface area contributed by atoms with Crippen molar-refractivity contribution in [2.75, 3.05) is 0 Å². The van der Waals surface area contributed by atoms with Crippen LogP contribution in [0.2, 0.25) is 0 Å². The molecule has 0 fully saturated rings. The highest BCUT2D eigenvalue weighted by Crippen LogP contribution is 2.21. The van der Waals surface area contributed by atoms with Gasteiger partial charge >= 0.3 is 0 Å². The lowest BCUT2D eigenvalue weighted by atomic mass is 9.94. The number of halogens is 3. The summed E-state index contributed by atoms with van der Waals surface area (Å²) in [5.74, 6) is -3.71. The predicted octanol–water partition coefficient (Wildman–Crippen LogP) is 2.21. The number of hydrogen-bond acceptors (Lipinski definition) is 3. The van der Waals surface area contributed by atoms with Crippen LogP contribution in [-0.4, -0.2) is 11.5 Å². The lowest BCUT2D eigenvalue weighted by Gasteiger charge is -2.17. The molecule has 1 unspecified atom stereocenters. The molecule has 0 amide bonds. The van der Waals surface area contributed by atoms with Crippen LogP contribution >= 0.6 is 0 Å². The first-order valence-electron chi connectivity index (χ1n) is 5.04. The SMILES string of the molecule is CC1CC(N)=NN=C1c1cc(F)c(F)c(F)c1. The highest BCUT2D eigenvalue weighted by Gasteiger charge is 2.21. The Labute approximate surface area is 95.8 Å². The maximum atomic E-state index is 13.1. The Kier molecular flexibility index (Phi) is 2.87. The standard InChI is InChI=1S/C11H10F3N3/c1-5-2-9(15)16-17-11(5)6-3-7(12)10(14)8(13)4-6/h3-5H,2H2,1H3,(H2,15,16). The molecule has 1 heterocycles. The highest BCUT2D eigenvalue weighted by atomic mass is 19.2. The second kappa shape index (κ2) is 4.20. The van der Waals surface area contributed by atoms with Gasteiger partial charge in [-0.25, -0.2) is 13.2 Å². The Morgan fingerprint density at radius 3 is 2.29 bits per heavy atom. The largest absolute Gasteiger partial charge is 0.386 e. The molecule has 3 nitrogen and oxygen atoms in total. The zero-order valence-corrected chi connectivity index (χ0v) is 9.04. The molecule has 0 aliphatic carbocycles. The fraction of sp³-hybridized carbons (Fsp3) is 0.273. The zero-order chi connectivity index (χ0) is 12.6. The van der Waals surface area contributed by atoms with Crippen molar-refractivity contribution in [1.82, 2.24) is 0 Å². The van der Waals surface area contributed by atoms with E-state index in [9.17, 15) is 13.2 Å². The van der Waals surface area contributed by atoms with Gasteiger partial charge < -0.3 is 5.73 Å². The summed E-state index contributed by atoms with van der Waals surface area (Å²) in [7, 11) is 0. The summed E-state index contributed by atoms with van der Waals surface area (Å²) >= 11 is 0. The molecule has 0 saturated heterocycles. The van der Waals surface area contributed by atoms with Gasteiger partial charge in [-0.15, -0.1) is 5.10 Å². The van der Waals surface area contributed by atoms with Gasteiger partial charge in [-0.1, -0.05) is 6.92 Å². The van der Waals surface area contributed by atoms with E-state index in [4.69, 9.17) is 5.73 Å². The van der Waals surface area contributed by atoms with E-state index in [2.05, 4.69) is 10.2 Å². The van der Waals surface area contributed by atoms with Crippen molar-refractivity contribution in [2.45, 2.75) is 13.3 Å². The van der Waals surface area contributed by atoms with Gasteiger partial charge in [0.1, 0.15) is 5.84 Å². The van der Waals surface area contributed by atoms with Crippen LogP contribution < -0.4 is 5.73 Å². The molecule has 90 valence electrons. The third-order valence-electron chi connectivity index (χ3n) is 2.55. The summed E-state index contributed by atoms with van der Waals surface area (Å²) in [6, 6.07) is 1.82. The predicted molar refractivity (Wildman–Crippen MR) is 58.3 cm³/mol. The molecule has 0 saturated carbocycles. The van der Waals surface area contributed by atoms with E-state index < -0.39 is 17.5 Å². The minimum atomic E-state index is -1.49. The molecule has 6 heteroatoms. The molecular weight excluding hydrogens is 231 g/mol. The molecule has 1 aliphatic rings. The van der Waals surface area contributed by atoms with Crippen LogP contribution in [0.5, 0.6) is 0 Å². The first-order valence-corrected chi connectivity index (χ1v) is 5.04. The molecule has 0 bridgehead atoms. The second-order valence-electron chi connectivity index (χ2n) is 3.94. The molecule has 1 atom stereocenters. The third kappa shape index (κ3) is 2.15. The van der Waals surface area contributed by atoms with E-state index in [-0.39, 0.29) is 11.5 Å². The minimum absolute atomic E-state index is 0.114. The first-order chi connectivity index (χ1) is 7.99. The lowest BCUT2D eigenvalue weighted by Crippen LogP contribution is -2.25. The van der Waals surface area contributed by atoms with Gasteiger partial charge in [0, 0.05) is 17.9 Å². The maximum absolute atomic E-state index is 13.1. The van der Waals surface area contributed by atoms with Crippen LogP contribution in [0.25, 0.3) is 0 Å². The van der Waals surface area contributed by atoms with E-state index in [1.165, 1.54) is 0 Å². The molecule has 0 radical (unpaired) electrons. The number of hydrogen-bond donors (Lipinski definition) is 1. The molecule has 1 aromatic carbocycles. The molecule has 0 spiro atoms. The zero-order valence-electron chi connectivity index (χ0n) is 9.04. The average molecular weight is 241 g/mol. The minimum Gasteiger partial charge on any atom is -0.386 e. The summed E-state index contributed by atoms with van der Waals surface area (Å²) < 4.78 is 38.9. The topological polar surface area (TPSA) is 50.7 Å². The number of rotatable bonds is 1. The van der Waals surface area contributed by atoms with E-state index in [1.807, 2.05) is 0 Å². The van der Waals surface area contributed by atoms with Crippen molar-refractivity contribution in [3.63, 3.8) is 0 Å². The van der Waals surface area contributed by atoms with E-state index in [0.717, 1.165) is 12.1 Å². The van der Waals surface area contributed by atoms with Crippen molar-refractivity contribution < 1.29 is 13.2 Å². The number of amidine groups is 1. The molecule has 2 rings (SSSR count). The Hall–Kier alpha value is -1.85. The Balaban J connectivity index is 2.48. The van der Waals surface area contributed by atoms with Crippen LogP contribution in [0.3, 0.4) is 0 Å². The van der Waals surface area contributed by atoms with Gasteiger partial charge in [0.15, 0.2) is 17.5 Å². The summed E-state index contributed by atoms with van der Waals surface area (Å²) in [5, 5.41) is 7.46. The molecule has 1 aliphatic heterocycles. The lowest BCUT2D eigenvalue weighted by molar-refractivity contribution is 0.446. The van der Waals surface area contributed by atoms with Crippen molar-refractivity contribution in [3.05, 3.63) is 35.1 Å². The van der Waals surface area contributed by atoms with Gasteiger partial charge in [-0.3, -0.25) is 0 Å². The number of benzene rings is 1. The fourth-order valence-corrected chi connectivity index (χ4v) is 1.71. The molecule has 2 N–H and O–H groups in total. The van der Waals surface area contributed by atoms with Crippen molar-refractivity contribution in [3.8, 4) is 0 Å². The van der Waals surface area contributed by atoms with Gasteiger partial charge in [0.05, 0.1) is 5.71 Å². The number of nitrogens with two attached hydrogens (primary N) is 1. The van der Waals surface area contributed by atoms with Gasteiger partial charge in [0.2, 0.25) is 0 Å². The van der Waals surface area contributed by atoms with Gasteiger partial charge in [0.25, 0.3) is 0 Å². The normalized spacial score (nSPS) is 19.9. The Bertz CT molecular complexity index is 500. The molecule has 1 aromatic rings. The van der Waals surface area contributed by atoms with Crippen molar-refractivity contribution in [1.29, 1.82) is 0 Å². The van der Waals surface area contributed by atoms with E-state index in [1.54, 1.807) is 6.92 Å². The summed E-state index contributed by atoms with van der Waals surface area (Å²) in [5.41, 5.74) is 6.07. The van der Waals surface area contributed by atoms with Crippen LogP contribution in [0.15, 0.2) is 22.3 Å². The third-order valence-corrected chi connectivity index (χ3v) is 2.55. The molecule has 0 aromatic heterocycles. The maximum Gasteiger partial charge on any atom is 0.194 e. The van der Waals surface area contributed by atoms with Crippen molar-refractivity contribution >= 4 is 11.5 Å². The summed E-state index contributed by atoms with van der Waals surface area (Å²) in [4.78, 5) is 0. The monoisotopic (exact) mass is 241 g/mol. The summed E-state index contributed by atoms with van der Waals surface area (Å²) in [6.45, 7) is 1.81. The average Bonchev–Trinajstić information content (AvgIpc) is 2.25. The fourth-order valence-electron chi connectivity index (χ4n) is 1.71. The Morgan fingerprint density at radius 1 is 1.18 bits per heavy atom. The number of nitrogens with zero attached hydrogens (tertiary/aromatic N) is 2. The van der Waals surface area contributed by atoms with Crippen LogP contribution in [0.1, 0.15) is 18.9 Å². The van der Waals surface area contributed by atoms with Crippen LogP contribution in [0, 0.1) is 23.4 Å². The Morgan fingerprint density at radius 2 is 1.76 bits per heavy atom. The molecular formula is C11H10F3N3. The first kappa shape index (κ1) is 11.6.